The Morgan fingerprint density at radius 1 is 0.852 bits per heavy atom. The summed E-state index contributed by atoms with van der Waals surface area (Å²) in [6.45, 7) is 23.0. The maximum atomic E-state index is 14.8. The summed E-state index contributed by atoms with van der Waals surface area (Å²) >= 11 is 1.21. The standard InChI is InChI=1S/C41H55N3O8SSi/c1-39(2,3)50-37(47)33-28-20-30(36(46)44-22-26-14-13-15-31(29(26)23-44)52-54(11,12)41(7,8)9)43(21-25-16-18-27(49-10)19-17-25)24-32(28)53-35(33)42-34(45)38(48)51-40(4,5)6/h13-19,30H,20-24H2,1-12H3,(H,42,45). The summed E-state index contributed by atoms with van der Waals surface area (Å²) in [6.07, 6.45) is 0.192. The van der Waals surface area contributed by atoms with Gasteiger partial charge in [-0.3, -0.25) is 14.5 Å². The van der Waals surface area contributed by atoms with E-state index in [0.29, 0.717) is 31.7 Å². The van der Waals surface area contributed by atoms with E-state index in [9.17, 15) is 19.2 Å². The van der Waals surface area contributed by atoms with Crippen molar-refractivity contribution in [1.82, 2.24) is 9.80 Å². The van der Waals surface area contributed by atoms with Crippen molar-refractivity contribution in [3.8, 4) is 11.5 Å². The van der Waals surface area contributed by atoms with Crippen LogP contribution in [0, 0.1) is 0 Å². The summed E-state index contributed by atoms with van der Waals surface area (Å²) in [5.74, 6) is -1.24. The zero-order valence-corrected chi connectivity index (χ0v) is 35.5. The van der Waals surface area contributed by atoms with Crippen LogP contribution in [0.5, 0.6) is 11.5 Å². The number of methoxy groups -OCH3 is 1. The molecule has 1 atom stereocenters. The molecule has 2 amide bonds. The molecule has 0 saturated heterocycles. The summed E-state index contributed by atoms with van der Waals surface area (Å²) in [5, 5.41) is 2.83. The molecular formula is C41H55N3O8SSi. The van der Waals surface area contributed by atoms with Crippen LogP contribution >= 0.6 is 11.3 Å². The number of rotatable bonds is 8. The summed E-state index contributed by atoms with van der Waals surface area (Å²) in [6, 6.07) is 13.1. The van der Waals surface area contributed by atoms with Gasteiger partial charge in [-0.05, 0) is 101 Å². The van der Waals surface area contributed by atoms with Crippen LogP contribution in [0.1, 0.15) is 99.8 Å². The third-order valence-corrected chi connectivity index (χ3v) is 15.4. The van der Waals surface area contributed by atoms with Gasteiger partial charge < -0.3 is 28.9 Å². The van der Waals surface area contributed by atoms with E-state index in [-0.39, 0.29) is 27.9 Å². The van der Waals surface area contributed by atoms with E-state index in [1.165, 1.54) is 11.3 Å². The number of benzene rings is 2. The Bertz CT molecular complexity index is 1920. The lowest BCUT2D eigenvalue weighted by molar-refractivity contribution is -0.161. The quantitative estimate of drug-likeness (QED) is 0.138. The predicted molar refractivity (Wildman–Crippen MR) is 212 cm³/mol. The molecule has 3 aromatic rings. The van der Waals surface area contributed by atoms with E-state index in [1.807, 2.05) is 47.4 Å². The van der Waals surface area contributed by atoms with Crippen LogP contribution in [0.15, 0.2) is 42.5 Å². The van der Waals surface area contributed by atoms with Crippen molar-refractivity contribution in [3.63, 3.8) is 0 Å². The number of hydrogen-bond acceptors (Lipinski definition) is 10. The number of fused-ring (bicyclic) bond motifs is 2. The minimum atomic E-state index is -2.16. The van der Waals surface area contributed by atoms with Crippen molar-refractivity contribution in [2.45, 2.75) is 130 Å². The molecule has 3 heterocycles. The fourth-order valence-electron chi connectivity index (χ4n) is 6.24. The van der Waals surface area contributed by atoms with Gasteiger partial charge in [0, 0.05) is 36.6 Å². The number of carbonyl (C=O) groups excluding carboxylic acids is 4. The highest BCUT2D eigenvalue weighted by atomic mass is 32.1. The van der Waals surface area contributed by atoms with Crippen LogP contribution in [-0.4, -0.2) is 66.2 Å². The Morgan fingerprint density at radius 3 is 2.09 bits per heavy atom. The Kier molecular flexibility index (Phi) is 11.5. The van der Waals surface area contributed by atoms with Gasteiger partial charge in [0.05, 0.1) is 18.7 Å². The van der Waals surface area contributed by atoms with Gasteiger partial charge in [0.2, 0.25) is 14.2 Å². The molecule has 0 aliphatic carbocycles. The van der Waals surface area contributed by atoms with Crippen molar-refractivity contribution in [3.05, 3.63) is 75.2 Å². The summed E-state index contributed by atoms with van der Waals surface area (Å²) in [5.41, 5.74) is 2.10. The summed E-state index contributed by atoms with van der Waals surface area (Å²) in [4.78, 5) is 59.4. The Labute approximate surface area is 324 Å². The number of nitrogens with zero attached hydrogens (tertiary/aromatic N) is 2. The molecule has 2 aromatic carbocycles. The number of amides is 2. The normalized spacial score (nSPS) is 16.3. The van der Waals surface area contributed by atoms with Crippen LogP contribution < -0.4 is 14.5 Å². The lowest BCUT2D eigenvalue weighted by Crippen LogP contribution is -2.50. The van der Waals surface area contributed by atoms with Crippen LogP contribution in [0.3, 0.4) is 0 Å². The van der Waals surface area contributed by atoms with Gasteiger partial charge >= 0.3 is 17.8 Å². The largest absolute Gasteiger partial charge is 0.543 e. The highest BCUT2D eigenvalue weighted by Crippen LogP contribution is 2.43. The number of thiophene rings is 1. The van der Waals surface area contributed by atoms with Crippen LogP contribution in [-0.2, 0) is 56.5 Å². The predicted octanol–water partition coefficient (Wildman–Crippen LogP) is 7.85. The lowest BCUT2D eigenvalue weighted by atomic mass is 9.94. The fourth-order valence-corrected chi connectivity index (χ4v) is 8.53. The van der Waals surface area contributed by atoms with Gasteiger partial charge in [-0.1, -0.05) is 45.0 Å². The first-order valence-corrected chi connectivity index (χ1v) is 22.1. The molecule has 0 spiro atoms. The first-order chi connectivity index (χ1) is 25.0. The molecule has 2 aliphatic heterocycles. The Balaban J connectivity index is 1.52. The topological polar surface area (TPSA) is 124 Å². The molecule has 1 unspecified atom stereocenters. The Hall–Kier alpha value is -4.20. The van der Waals surface area contributed by atoms with Crippen LogP contribution in [0.2, 0.25) is 18.1 Å². The maximum Gasteiger partial charge on any atom is 0.397 e. The minimum Gasteiger partial charge on any atom is -0.543 e. The highest BCUT2D eigenvalue weighted by Gasteiger charge is 2.43. The number of carbonyl (C=O) groups is 4. The molecule has 5 rings (SSSR count). The zero-order chi connectivity index (χ0) is 40.0. The molecule has 0 bridgehead atoms. The summed E-state index contributed by atoms with van der Waals surface area (Å²) in [7, 11) is -0.540. The van der Waals surface area contributed by atoms with Crippen LogP contribution in [0.4, 0.5) is 5.00 Å². The van der Waals surface area contributed by atoms with E-state index in [1.54, 1.807) is 48.7 Å². The molecule has 1 N–H and O–H groups in total. The average molecular weight is 778 g/mol. The van der Waals surface area contributed by atoms with Crippen molar-refractivity contribution in [2.24, 2.45) is 0 Å². The van der Waals surface area contributed by atoms with Crippen molar-refractivity contribution < 1.29 is 37.8 Å². The van der Waals surface area contributed by atoms with E-state index < -0.39 is 43.4 Å². The minimum absolute atomic E-state index is 0.00318. The lowest BCUT2D eigenvalue weighted by Gasteiger charge is -2.37. The van der Waals surface area contributed by atoms with Crippen LogP contribution in [0.25, 0.3) is 0 Å². The van der Waals surface area contributed by atoms with Crippen molar-refractivity contribution in [2.75, 3.05) is 12.4 Å². The van der Waals surface area contributed by atoms with Crippen molar-refractivity contribution in [1.29, 1.82) is 0 Å². The third-order valence-electron chi connectivity index (χ3n) is 9.94. The monoisotopic (exact) mass is 777 g/mol. The highest BCUT2D eigenvalue weighted by molar-refractivity contribution is 7.17. The van der Waals surface area contributed by atoms with E-state index in [4.69, 9.17) is 18.6 Å². The Morgan fingerprint density at radius 2 is 1.50 bits per heavy atom. The zero-order valence-electron chi connectivity index (χ0n) is 33.7. The number of ether oxygens (including phenoxy) is 3. The van der Waals surface area contributed by atoms with Gasteiger partial charge in [0.15, 0.2) is 0 Å². The maximum absolute atomic E-state index is 14.8. The second-order valence-corrected chi connectivity index (χ2v) is 23.4. The molecule has 0 saturated carbocycles. The van der Waals surface area contributed by atoms with E-state index in [0.717, 1.165) is 33.1 Å². The molecular weight excluding hydrogens is 723 g/mol. The molecule has 292 valence electrons. The first kappa shape index (κ1) is 41.0. The van der Waals surface area contributed by atoms with Gasteiger partial charge in [-0.15, -0.1) is 11.3 Å². The SMILES string of the molecule is COc1ccc(CN2Cc3sc(NC(=O)C(=O)OC(C)(C)C)c(C(=O)OC(C)(C)C)c3CC2C(=O)N2Cc3cccc(O[Si](C)(C)C(C)(C)C)c3C2)cc1. The molecule has 1 aromatic heterocycles. The van der Waals surface area contributed by atoms with Gasteiger partial charge in [-0.2, -0.15) is 0 Å². The van der Waals surface area contributed by atoms with E-state index >= 15 is 0 Å². The molecule has 0 radical (unpaired) electrons. The van der Waals surface area contributed by atoms with Gasteiger partial charge in [0.1, 0.15) is 27.7 Å². The van der Waals surface area contributed by atoms with Gasteiger partial charge in [-0.25, -0.2) is 9.59 Å². The molecule has 2 aliphatic rings. The van der Waals surface area contributed by atoms with Crippen molar-refractivity contribution >= 4 is 48.4 Å². The average Bonchev–Trinajstić information content (AvgIpc) is 3.64. The molecule has 0 fully saturated rings. The first-order valence-electron chi connectivity index (χ1n) is 18.3. The summed E-state index contributed by atoms with van der Waals surface area (Å²) < 4.78 is 23.3. The fraction of sp³-hybridized carbons (Fsp3) is 0.512. The second kappa shape index (κ2) is 15.1. The van der Waals surface area contributed by atoms with Gasteiger partial charge in [0.25, 0.3) is 0 Å². The number of esters is 2. The van der Waals surface area contributed by atoms with E-state index in [2.05, 4.69) is 44.1 Å². The smallest absolute Gasteiger partial charge is 0.397 e. The number of hydrogen-bond donors (Lipinski definition) is 1. The number of nitrogens with one attached hydrogen (secondary N) is 1. The molecule has 11 nitrogen and oxygen atoms in total. The third kappa shape index (κ3) is 9.35. The second-order valence-electron chi connectivity index (χ2n) is 17.6. The molecule has 54 heavy (non-hydrogen) atoms. The number of anilines is 1. The molecule has 13 heteroatoms.